The predicted octanol–water partition coefficient (Wildman–Crippen LogP) is 9.61. The Morgan fingerprint density at radius 1 is 0.548 bits per heavy atom. The van der Waals surface area contributed by atoms with Crippen LogP contribution in [0.25, 0.3) is 0 Å². The third kappa shape index (κ3) is 18.1. The Kier molecular flexibility index (Phi) is 20.9. The Morgan fingerprint density at radius 3 is 1.58 bits per heavy atom. The van der Waals surface area contributed by atoms with Crippen LogP contribution in [0, 0.1) is 0 Å². The summed E-state index contributed by atoms with van der Waals surface area (Å²) in [6, 6.07) is 19.9. The van der Waals surface area contributed by atoms with Crippen molar-refractivity contribution in [3.63, 3.8) is 0 Å². The van der Waals surface area contributed by atoms with Crippen LogP contribution < -0.4 is 14.2 Å². The number of carbonyl (C=O) groups excluding carboxylic acids is 5. The smallest absolute Gasteiger partial charge is 0.343 e. The van der Waals surface area contributed by atoms with E-state index in [1.165, 1.54) is 30.3 Å². The second-order valence-electron chi connectivity index (χ2n) is 14.8. The van der Waals surface area contributed by atoms with Gasteiger partial charge in [-0.15, -0.1) is 0 Å². The SMILES string of the molecule is C=CC(=O)OCCCCCCCOc1ccc(C(=O)Oc2ccc(C(=O)OCCc3ccc(OC(=O)C4=CCC(C)(OCCCCCCCOC(=O)C=C)C=C4)cc3)cc2)cc1. The topological polar surface area (TPSA) is 150 Å². The van der Waals surface area contributed by atoms with E-state index in [1.54, 1.807) is 42.5 Å². The van der Waals surface area contributed by atoms with Crippen molar-refractivity contribution in [2.75, 3.05) is 33.0 Å². The summed E-state index contributed by atoms with van der Waals surface area (Å²) in [5.41, 5.74) is 1.53. The second kappa shape index (κ2) is 26.8. The van der Waals surface area contributed by atoms with Crippen molar-refractivity contribution in [3.8, 4) is 17.2 Å². The quantitative estimate of drug-likeness (QED) is 0.0225. The van der Waals surface area contributed by atoms with Gasteiger partial charge in [-0.3, -0.25) is 0 Å². The molecule has 0 aliphatic heterocycles. The number of esters is 5. The van der Waals surface area contributed by atoms with Crippen LogP contribution in [-0.2, 0) is 39.8 Å². The lowest BCUT2D eigenvalue weighted by Crippen LogP contribution is -2.28. The minimum Gasteiger partial charge on any atom is -0.494 e. The van der Waals surface area contributed by atoms with E-state index in [9.17, 15) is 24.0 Å². The molecule has 12 nitrogen and oxygen atoms in total. The molecule has 0 saturated heterocycles. The van der Waals surface area contributed by atoms with Crippen molar-refractivity contribution >= 4 is 29.8 Å². The van der Waals surface area contributed by atoms with Gasteiger partial charge in [0.2, 0.25) is 0 Å². The number of hydrogen-bond acceptors (Lipinski definition) is 12. The first kappa shape index (κ1) is 48.4. The average molecular weight is 851 g/mol. The summed E-state index contributed by atoms with van der Waals surface area (Å²) in [6.45, 7) is 10.9. The first-order chi connectivity index (χ1) is 30.1. The molecule has 0 aromatic heterocycles. The summed E-state index contributed by atoms with van der Waals surface area (Å²) in [4.78, 5) is 60.3. The summed E-state index contributed by atoms with van der Waals surface area (Å²) in [5, 5.41) is 0. The van der Waals surface area contributed by atoms with Gasteiger partial charge in [0.05, 0.1) is 48.7 Å². The molecular formula is C50H58O12. The van der Waals surface area contributed by atoms with Gasteiger partial charge in [0, 0.05) is 25.2 Å². The van der Waals surface area contributed by atoms with Crippen molar-refractivity contribution in [2.45, 2.75) is 89.6 Å². The maximum absolute atomic E-state index is 12.8. The number of ether oxygens (including phenoxy) is 7. The Hall–Kier alpha value is -6.27. The minimum absolute atomic E-state index is 0.137. The number of rotatable bonds is 28. The lowest BCUT2D eigenvalue weighted by atomic mass is 9.93. The molecule has 1 aliphatic rings. The van der Waals surface area contributed by atoms with Crippen LogP contribution in [0.5, 0.6) is 17.2 Å². The van der Waals surface area contributed by atoms with Crippen LogP contribution in [-0.4, -0.2) is 68.5 Å². The van der Waals surface area contributed by atoms with Gasteiger partial charge >= 0.3 is 29.8 Å². The van der Waals surface area contributed by atoms with E-state index < -0.39 is 29.5 Å². The van der Waals surface area contributed by atoms with E-state index in [0.717, 1.165) is 75.8 Å². The van der Waals surface area contributed by atoms with Crippen molar-refractivity contribution in [1.29, 1.82) is 0 Å². The van der Waals surface area contributed by atoms with Gasteiger partial charge in [-0.2, -0.15) is 0 Å². The van der Waals surface area contributed by atoms with Crippen molar-refractivity contribution in [2.24, 2.45) is 0 Å². The molecule has 0 spiro atoms. The van der Waals surface area contributed by atoms with Crippen LogP contribution in [0.4, 0.5) is 0 Å². The average Bonchev–Trinajstić information content (AvgIpc) is 3.28. The van der Waals surface area contributed by atoms with Crippen molar-refractivity contribution < 1.29 is 57.1 Å². The van der Waals surface area contributed by atoms with E-state index in [-0.39, 0.29) is 18.3 Å². The number of unbranched alkanes of at least 4 members (excludes halogenated alkanes) is 8. The van der Waals surface area contributed by atoms with Gasteiger partial charge in [-0.05, 0) is 111 Å². The fourth-order valence-electron chi connectivity index (χ4n) is 6.15. The number of hydrogen-bond donors (Lipinski definition) is 0. The zero-order valence-corrected chi connectivity index (χ0v) is 35.6. The maximum atomic E-state index is 12.8. The standard InChI is InChI=1S/C50H58O12/c1-4-45(51)57-34-13-9-6-8-12-33-56-42-24-18-40(19-25-42)48(54)62-44-26-20-39(21-27-44)47(53)59-37-30-38-16-22-43(23-17-38)61-49(55)41-28-31-50(3,32-29-41)60-36-15-11-7-10-14-35-58-46(52)5-2/h4-5,16-29,31H,1-2,6-15,30,32-37H2,3H3. The Balaban J connectivity index is 1.07. The highest BCUT2D eigenvalue weighted by Gasteiger charge is 2.25. The Morgan fingerprint density at radius 2 is 1.03 bits per heavy atom. The molecule has 0 fully saturated rings. The molecular weight excluding hydrogens is 793 g/mol. The van der Waals surface area contributed by atoms with Gasteiger partial charge in [-0.25, -0.2) is 24.0 Å². The summed E-state index contributed by atoms with van der Waals surface area (Å²) in [7, 11) is 0. The molecule has 3 aromatic carbocycles. The molecule has 0 amide bonds. The largest absolute Gasteiger partial charge is 0.494 e. The third-order valence-corrected chi connectivity index (χ3v) is 9.83. The monoisotopic (exact) mass is 850 g/mol. The highest BCUT2D eigenvalue weighted by Crippen LogP contribution is 2.26. The molecule has 1 unspecified atom stereocenters. The molecule has 0 heterocycles. The van der Waals surface area contributed by atoms with Gasteiger partial charge in [-0.1, -0.05) is 76.0 Å². The Labute approximate surface area is 364 Å². The molecule has 4 rings (SSSR count). The molecule has 0 bridgehead atoms. The molecule has 12 heteroatoms. The van der Waals surface area contributed by atoms with Crippen LogP contribution in [0.15, 0.2) is 122 Å². The molecule has 0 radical (unpaired) electrons. The van der Waals surface area contributed by atoms with E-state index in [1.807, 2.05) is 31.2 Å². The predicted molar refractivity (Wildman–Crippen MR) is 234 cm³/mol. The minimum atomic E-state index is -0.540. The summed E-state index contributed by atoms with van der Waals surface area (Å²) in [5.74, 6) is -0.955. The highest BCUT2D eigenvalue weighted by atomic mass is 16.5. The molecule has 0 N–H and O–H groups in total. The molecule has 1 atom stereocenters. The molecule has 1 aliphatic carbocycles. The van der Waals surface area contributed by atoms with Gasteiger partial charge < -0.3 is 33.2 Å². The first-order valence-corrected chi connectivity index (χ1v) is 21.2. The first-order valence-electron chi connectivity index (χ1n) is 21.2. The fraction of sp³-hybridized carbons (Fsp3) is 0.380. The Bertz CT molecular complexity index is 1980. The lowest BCUT2D eigenvalue weighted by Gasteiger charge is -2.28. The number of benzene rings is 3. The van der Waals surface area contributed by atoms with Crippen molar-refractivity contribution in [3.05, 3.63) is 139 Å². The van der Waals surface area contributed by atoms with E-state index in [2.05, 4.69) is 13.2 Å². The molecule has 62 heavy (non-hydrogen) atoms. The lowest BCUT2D eigenvalue weighted by molar-refractivity contribution is -0.138. The normalized spacial score (nSPS) is 14.2. The van der Waals surface area contributed by atoms with Gasteiger partial charge in [0.25, 0.3) is 0 Å². The summed E-state index contributed by atoms with van der Waals surface area (Å²) >= 11 is 0. The third-order valence-electron chi connectivity index (χ3n) is 9.83. The van der Waals surface area contributed by atoms with Gasteiger partial charge in [0.1, 0.15) is 17.2 Å². The maximum Gasteiger partial charge on any atom is 0.343 e. The van der Waals surface area contributed by atoms with Crippen LogP contribution in [0.1, 0.15) is 104 Å². The molecule has 3 aromatic rings. The fourth-order valence-corrected chi connectivity index (χ4v) is 6.15. The second-order valence-corrected chi connectivity index (χ2v) is 14.8. The van der Waals surface area contributed by atoms with Crippen LogP contribution in [0.3, 0.4) is 0 Å². The van der Waals surface area contributed by atoms with Crippen molar-refractivity contribution in [1.82, 2.24) is 0 Å². The van der Waals surface area contributed by atoms with E-state index in [4.69, 9.17) is 33.2 Å². The highest BCUT2D eigenvalue weighted by molar-refractivity contribution is 5.93. The van der Waals surface area contributed by atoms with Crippen LogP contribution >= 0.6 is 0 Å². The van der Waals surface area contributed by atoms with Crippen LogP contribution in [0.2, 0.25) is 0 Å². The summed E-state index contributed by atoms with van der Waals surface area (Å²) < 4.78 is 38.4. The zero-order valence-electron chi connectivity index (χ0n) is 35.6. The van der Waals surface area contributed by atoms with E-state index in [0.29, 0.717) is 67.5 Å². The van der Waals surface area contributed by atoms with E-state index >= 15 is 0 Å². The number of carbonyl (C=O) groups is 5. The van der Waals surface area contributed by atoms with Gasteiger partial charge in [0.15, 0.2) is 0 Å². The zero-order chi connectivity index (χ0) is 44.4. The molecule has 0 saturated carbocycles. The molecule has 330 valence electrons. The summed E-state index contributed by atoms with van der Waals surface area (Å²) in [6.07, 6.45) is 18.3.